The van der Waals surface area contributed by atoms with Crippen LogP contribution in [0.15, 0.2) is 35.0 Å². The van der Waals surface area contributed by atoms with Crippen molar-refractivity contribution in [3.8, 4) is 0 Å². The van der Waals surface area contributed by atoms with Gasteiger partial charge in [-0.3, -0.25) is 0 Å². The molecule has 0 saturated heterocycles. The van der Waals surface area contributed by atoms with Crippen LogP contribution in [0.3, 0.4) is 0 Å². The van der Waals surface area contributed by atoms with E-state index in [-0.39, 0.29) is 0 Å². The van der Waals surface area contributed by atoms with Gasteiger partial charge < -0.3 is 0 Å². The molecule has 0 N–H and O–H groups in total. The van der Waals surface area contributed by atoms with E-state index in [9.17, 15) is 0 Å². The SMILES string of the molecule is c1ccc2cscc2c1. The second-order valence-corrected chi connectivity index (χ2v) is 2.74. The van der Waals surface area contributed by atoms with Gasteiger partial charge in [-0.1, -0.05) is 24.3 Å². The Kier molecular flexibility index (Phi) is 1.03. The Hall–Kier alpha value is -0.820. The minimum atomic E-state index is 1.35. The summed E-state index contributed by atoms with van der Waals surface area (Å²) in [7, 11) is 0. The number of thiophene rings is 1. The highest BCUT2D eigenvalue weighted by molar-refractivity contribution is 7.09. The lowest BCUT2D eigenvalue weighted by Gasteiger charge is -1.82. The lowest BCUT2D eigenvalue weighted by atomic mass is 10.2. The van der Waals surface area contributed by atoms with E-state index in [2.05, 4.69) is 35.0 Å². The first-order valence-electron chi connectivity index (χ1n) is 2.88. The van der Waals surface area contributed by atoms with Crippen molar-refractivity contribution >= 4 is 22.1 Å². The molecule has 0 saturated carbocycles. The first-order chi connectivity index (χ1) is 4.47. The van der Waals surface area contributed by atoms with Gasteiger partial charge in [0, 0.05) is 0 Å². The minimum absolute atomic E-state index is 1.35. The summed E-state index contributed by atoms with van der Waals surface area (Å²) in [6.45, 7) is 0. The molecule has 0 aliphatic carbocycles. The summed E-state index contributed by atoms with van der Waals surface area (Å²) in [6.07, 6.45) is 0. The topological polar surface area (TPSA) is 0 Å². The van der Waals surface area contributed by atoms with Crippen molar-refractivity contribution < 1.29 is 0 Å². The molecule has 0 fully saturated rings. The van der Waals surface area contributed by atoms with Gasteiger partial charge in [0.1, 0.15) is 0 Å². The van der Waals surface area contributed by atoms with Crippen molar-refractivity contribution in [1.29, 1.82) is 0 Å². The summed E-state index contributed by atoms with van der Waals surface area (Å²) in [6, 6.07) is 8.39. The van der Waals surface area contributed by atoms with E-state index in [1.54, 1.807) is 11.3 Å². The Morgan fingerprint density at radius 3 is 2.00 bits per heavy atom. The molecule has 0 bridgehead atoms. The van der Waals surface area contributed by atoms with Crippen molar-refractivity contribution in [3.05, 3.63) is 35.0 Å². The molecule has 2 rings (SSSR count). The van der Waals surface area contributed by atoms with E-state index in [0.29, 0.717) is 0 Å². The minimum Gasteiger partial charge on any atom is -0.151 e. The van der Waals surface area contributed by atoms with Crippen LogP contribution in [0.25, 0.3) is 10.8 Å². The zero-order valence-corrected chi connectivity index (χ0v) is 5.69. The van der Waals surface area contributed by atoms with Crippen LogP contribution >= 0.6 is 11.3 Å². The highest BCUT2D eigenvalue weighted by Crippen LogP contribution is 2.17. The standard InChI is InChI=1S/C8H6S/c1-2-4-8-6-9-5-7(8)3-1/h1-6H. The maximum atomic E-state index is 2.16. The summed E-state index contributed by atoms with van der Waals surface area (Å²) >= 11 is 1.75. The quantitative estimate of drug-likeness (QED) is 0.519. The maximum absolute atomic E-state index is 2.16. The van der Waals surface area contributed by atoms with Crippen molar-refractivity contribution in [2.75, 3.05) is 0 Å². The maximum Gasteiger partial charge on any atom is -0.00145 e. The van der Waals surface area contributed by atoms with Crippen LogP contribution in [0.4, 0.5) is 0 Å². The van der Waals surface area contributed by atoms with Crippen LogP contribution in [0.5, 0.6) is 0 Å². The van der Waals surface area contributed by atoms with Gasteiger partial charge in [-0.2, -0.15) is 11.3 Å². The van der Waals surface area contributed by atoms with Gasteiger partial charge in [-0.05, 0) is 21.5 Å². The number of benzene rings is 1. The first kappa shape index (κ1) is 5.00. The van der Waals surface area contributed by atoms with Gasteiger partial charge in [-0.15, -0.1) is 0 Å². The highest BCUT2D eigenvalue weighted by Gasteiger charge is 1.87. The highest BCUT2D eigenvalue weighted by atomic mass is 32.1. The third-order valence-electron chi connectivity index (χ3n) is 1.39. The van der Waals surface area contributed by atoms with E-state index in [0.717, 1.165) is 0 Å². The molecule has 1 heteroatoms. The van der Waals surface area contributed by atoms with Gasteiger partial charge in [0.15, 0.2) is 0 Å². The van der Waals surface area contributed by atoms with Gasteiger partial charge in [-0.25, -0.2) is 0 Å². The smallest absolute Gasteiger partial charge is 0.00145 e. The molecule has 1 heterocycles. The fourth-order valence-corrected chi connectivity index (χ4v) is 1.70. The number of hydrogen-bond acceptors (Lipinski definition) is 1. The molecule has 9 heavy (non-hydrogen) atoms. The van der Waals surface area contributed by atoms with Gasteiger partial charge >= 0.3 is 0 Å². The number of hydrogen-bond donors (Lipinski definition) is 0. The third-order valence-corrected chi connectivity index (χ3v) is 2.17. The Morgan fingerprint density at radius 2 is 1.44 bits per heavy atom. The molecule has 0 aliphatic rings. The van der Waals surface area contributed by atoms with Crippen molar-refractivity contribution in [1.82, 2.24) is 0 Å². The number of rotatable bonds is 0. The molecule has 0 nitrogen and oxygen atoms in total. The first-order valence-corrected chi connectivity index (χ1v) is 3.82. The molecule has 0 radical (unpaired) electrons. The van der Waals surface area contributed by atoms with Crippen LogP contribution in [0, 0.1) is 0 Å². The second-order valence-electron chi connectivity index (χ2n) is 2.00. The Balaban J connectivity index is 2.95. The van der Waals surface area contributed by atoms with E-state index in [4.69, 9.17) is 0 Å². The molecule has 0 unspecified atom stereocenters. The van der Waals surface area contributed by atoms with E-state index in [1.165, 1.54) is 10.8 Å². The monoisotopic (exact) mass is 134 g/mol. The van der Waals surface area contributed by atoms with Crippen LogP contribution in [-0.4, -0.2) is 0 Å². The molecule has 1 aromatic heterocycles. The molecular formula is C8H6S. The Bertz CT molecular complexity index is 279. The number of fused-ring (bicyclic) bond motifs is 1. The molecular weight excluding hydrogens is 128 g/mol. The van der Waals surface area contributed by atoms with Crippen molar-refractivity contribution in [2.24, 2.45) is 0 Å². The van der Waals surface area contributed by atoms with Crippen molar-refractivity contribution in [2.45, 2.75) is 0 Å². The van der Waals surface area contributed by atoms with Crippen LogP contribution < -0.4 is 0 Å². The molecule has 2 aromatic rings. The average molecular weight is 134 g/mol. The van der Waals surface area contributed by atoms with Gasteiger partial charge in [0.25, 0.3) is 0 Å². The second kappa shape index (κ2) is 1.85. The predicted molar refractivity (Wildman–Crippen MR) is 41.8 cm³/mol. The Labute approximate surface area is 57.8 Å². The van der Waals surface area contributed by atoms with Crippen molar-refractivity contribution in [3.63, 3.8) is 0 Å². The molecule has 0 amide bonds. The summed E-state index contributed by atoms with van der Waals surface area (Å²) < 4.78 is 0. The van der Waals surface area contributed by atoms with Gasteiger partial charge in [0.05, 0.1) is 0 Å². The largest absolute Gasteiger partial charge is 0.151 e. The zero-order valence-electron chi connectivity index (χ0n) is 4.87. The average Bonchev–Trinajstić information content (AvgIpc) is 2.33. The fourth-order valence-electron chi connectivity index (χ4n) is 0.906. The van der Waals surface area contributed by atoms with Crippen LogP contribution in [0.1, 0.15) is 0 Å². The molecule has 0 spiro atoms. The summed E-state index contributed by atoms with van der Waals surface area (Å²) in [5.41, 5.74) is 0. The van der Waals surface area contributed by atoms with Gasteiger partial charge in [0.2, 0.25) is 0 Å². The summed E-state index contributed by atoms with van der Waals surface area (Å²) in [4.78, 5) is 0. The lowest BCUT2D eigenvalue weighted by Crippen LogP contribution is -1.57. The van der Waals surface area contributed by atoms with E-state index in [1.807, 2.05) is 0 Å². The molecule has 44 valence electrons. The fraction of sp³-hybridized carbons (Fsp3) is 0. The van der Waals surface area contributed by atoms with E-state index >= 15 is 0 Å². The summed E-state index contributed by atoms with van der Waals surface area (Å²) in [5, 5.41) is 7.02. The van der Waals surface area contributed by atoms with E-state index < -0.39 is 0 Å². The molecule has 0 atom stereocenters. The zero-order chi connectivity index (χ0) is 6.10. The lowest BCUT2D eigenvalue weighted by molar-refractivity contribution is 1.85. The molecule has 1 aromatic carbocycles. The third kappa shape index (κ3) is 0.736. The van der Waals surface area contributed by atoms with Crippen LogP contribution in [-0.2, 0) is 0 Å². The van der Waals surface area contributed by atoms with Crippen LogP contribution in [0.2, 0.25) is 0 Å². The summed E-state index contributed by atoms with van der Waals surface area (Å²) in [5.74, 6) is 0. The predicted octanol–water partition coefficient (Wildman–Crippen LogP) is 2.90. The molecule has 0 aliphatic heterocycles. The Morgan fingerprint density at radius 1 is 0.889 bits per heavy atom. The normalized spacial score (nSPS) is 10.2.